The van der Waals surface area contributed by atoms with Gasteiger partial charge < -0.3 is 9.47 Å². The van der Waals surface area contributed by atoms with Crippen molar-refractivity contribution in [2.24, 2.45) is 0 Å². The molecular formula is C17H18N4O3S. The lowest BCUT2D eigenvalue weighted by Gasteiger charge is -2.11. The summed E-state index contributed by atoms with van der Waals surface area (Å²) in [4.78, 5) is 11.8. The predicted octanol–water partition coefficient (Wildman–Crippen LogP) is 2.84. The summed E-state index contributed by atoms with van der Waals surface area (Å²) in [5.41, 5.74) is 1.52. The quantitative estimate of drug-likeness (QED) is 0.495. The lowest BCUT2D eigenvalue weighted by Crippen LogP contribution is -2.18. The van der Waals surface area contributed by atoms with Gasteiger partial charge in [0.15, 0.2) is 11.5 Å². The SMILES string of the molecule is CC[C@H](Sc1ccc2nnc(-c3ccc(OC)cc3)n2n1)C(=O)OC. The van der Waals surface area contributed by atoms with Gasteiger partial charge in [-0.25, -0.2) is 0 Å². The molecular weight excluding hydrogens is 340 g/mol. The van der Waals surface area contributed by atoms with Crippen molar-refractivity contribution < 1.29 is 14.3 Å². The largest absolute Gasteiger partial charge is 0.497 e. The Morgan fingerprint density at radius 3 is 2.56 bits per heavy atom. The molecule has 0 saturated carbocycles. The summed E-state index contributed by atoms with van der Waals surface area (Å²) in [5.74, 6) is 1.14. The third kappa shape index (κ3) is 3.58. The monoisotopic (exact) mass is 358 g/mol. The first-order chi connectivity index (χ1) is 12.2. The van der Waals surface area contributed by atoms with Gasteiger partial charge in [-0.05, 0) is 42.8 Å². The smallest absolute Gasteiger partial charge is 0.319 e. The number of nitrogens with zero attached hydrogens (tertiary/aromatic N) is 4. The highest BCUT2D eigenvalue weighted by Crippen LogP contribution is 2.26. The zero-order chi connectivity index (χ0) is 17.8. The lowest BCUT2D eigenvalue weighted by atomic mass is 10.2. The van der Waals surface area contributed by atoms with E-state index in [0.29, 0.717) is 22.9 Å². The summed E-state index contributed by atoms with van der Waals surface area (Å²) in [7, 11) is 3.02. The van der Waals surface area contributed by atoms with E-state index in [1.54, 1.807) is 11.6 Å². The Morgan fingerprint density at radius 1 is 1.16 bits per heavy atom. The van der Waals surface area contributed by atoms with Crippen molar-refractivity contribution >= 4 is 23.4 Å². The number of fused-ring (bicyclic) bond motifs is 1. The lowest BCUT2D eigenvalue weighted by molar-refractivity contribution is -0.140. The molecule has 8 heteroatoms. The van der Waals surface area contributed by atoms with Gasteiger partial charge in [-0.1, -0.05) is 18.7 Å². The number of hydrogen-bond acceptors (Lipinski definition) is 7. The molecule has 0 amide bonds. The zero-order valence-electron chi connectivity index (χ0n) is 14.2. The van der Waals surface area contributed by atoms with Crippen molar-refractivity contribution in [2.45, 2.75) is 23.6 Å². The van der Waals surface area contributed by atoms with Crippen LogP contribution in [0.4, 0.5) is 0 Å². The second-order valence-electron chi connectivity index (χ2n) is 5.23. The van der Waals surface area contributed by atoms with Crippen LogP contribution in [-0.4, -0.2) is 45.3 Å². The Morgan fingerprint density at radius 2 is 1.92 bits per heavy atom. The molecule has 130 valence electrons. The van der Waals surface area contributed by atoms with E-state index in [2.05, 4.69) is 15.3 Å². The van der Waals surface area contributed by atoms with Crippen LogP contribution in [0.25, 0.3) is 17.0 Å². The van der Waals surface area contributed by atoms with E-state index in [9.17, 15) is 4.79 Å². The van der Waals surface area contributed by atoms with Crippen molar-refractivity contribution in [3.8, 4) is 17.1 Å². The van der Waals surface area contributed by atoms with Crippen LogP contribution in [0.3, 0.4) is 0 Å². The Balaban J connectivity index is 1.94. The van der Waals surface area contributed by atoms with Crippen LogP contribution in [0.2, 0.25) is 0 Å². The minimum atomic E-state index is -0.295. The molecule has 2 aromatic heterocycles. The van der Waals surface area contributed by atoms with E-state index < -0.39 is 0 Å². The first-order valence-electron chi connectivity index (χ1n) is 7.77. The van der Waals surface area contributed by atoms with Gasteiger partial charge in [-0.2, -0.15) is 9.61 Å². The highest BCUT2D eigenvalue weighted by molar-refractivity contribution is 8.00. The minimum Gasteiger partial charge on any atom is -0.497 e. The topological polar surface area (TPSA) is 78.6 Å². The molecule has 0 aliphatic carbocycles. The van der Waals surface area contributed by atoms with Gasteiger partial charge in [0.2, 0.25) is 0 Å². The van der Waals surface area contributed by atoms with Gasteiger partial charge in [0, 0.05) is 5.56 Å². The minimum absolute atomic E-state index is 0.256. The number of ether oxygens (including phenoxy) is 2. The molecule has 3 rings (SSSR count). The number of carbonyl (C=O) groups is 1. The van der Waals surface area contributed by atoms with E-state index in [1.165, 1.54) is 18.9 Å². The number of carbonyl (C=O) groups excluding carboxylic acids is 1. The molecule has 0 N–H and O–H groups in total. The highest BCUT2D eigenvalue weighted by atomic mass is 32.2. The fourth-order valence-electron chi connectivity index (χ4n) is 2.33. The molecule has 0 radical (unpaired) electrons. The van der Waals surface area contributed by atoms with E-state index in [-0.39, 0.29) is 11.2 Å². The van der Waals surface area contributed by atoms with E-state index in [0.717, 1.165) is 11.3 Å². The summed E-state index contributed by atoms with van der Waals surface area (Å²) in [6.07, 6.45) is 0.657. The predicted molar refractivity (Wildman–Crippen MR) is 94.7 cm³/mol. The van der Waals surface area contributed by atoms with Gasteiger partial charge in [-0.3, -0.25) is 4.79 Å². The van der Waals surface area contributed by atoms with Crippen molar-refractivity contribution in [1.82, 2.24) is 19.8 Å². The molecule has 7 nitrogen and oxygen atoms in total. The second-order valence-corrected chi connectivity index (χ2v) is 6.45. The average molecular weight is 358 g/mol. The van der Waals surface area contributed by atoms with Crippen LogP contribution in [0.15, 0.2) is 41.4 Å². The molecule has 0 spiro atoms. The number of thioether (sulfide) groups is 1. The second kappa shape index (κ2) is 7.52. The van der Waals surface area contributed by atoms with Gasteiger partial charge >= 0.3 is 5.97 Å². The maximum Gasteiger partial charge on any atom is 0.319 e. The third-order valence-corrected chi connectivity index (χ3v) is 4.95. The van der Waals surface area contributed by atoms with Crippen LogP contribution in [0.5, 0.6) is 5.75 Å². The average Bonchev–Trinajstić information content (AvgIpc) is 3.08. The number of aromatic nitrogens is 4. The molecule has 1 aromatic carbocycles. The maximum atomic E-state index is 11.8. The van der Waals surface area contributed by atoms with Crippen LogP contribution < -0.4 is 4.74 Å². The molecule has 0 bridgehead atoms. The Hall–Kier alpha value is -2.61. The Kier molecular flexibility index (Phi) is 5.18. The number of esters is 1. The van der Waals surface area contributed by atoms with Crippen molar-refractivity contribution in [3.63, 3.8) is 0 Å². The van der Waals surface area contributed by atoms with Gasteiger partial charge in [-0.15, -0.1) is 10.2 Å². The van der Waals surface area contributed by atoms with Gasteiger partial charge in [0.05, 0.1) is 14.2 Å². The summed E-state index contributed by atoms with van der Waals surface area (Å²) in [6, 6.07) is 11.2. The molecule has 0 saturated heterocycles. The molecule has 2 heterocycles. The summed E-state index contributed by atoms with van der Waals surface area (Å²) >= 11 is 1.37. The zero-order valence-corrected chi connectivity index (χ0v) is 15.0. The molecule has 3 aromatic rings. The number of hydrogen-bond donors (Lipinski definition) is 0. The van der Waals surface area contributed by atoms with E-state index in [1.807, 2.05) is 43.3 Å². The first-order valence-corrected chi connectivity index (χ1v) is 8.65. The number of rotatable bonds is 6. The number of benzene rings is 1. The van der Waals surface area contributed by atoms with Crippen molar-refractivity contribution in [2.75, 3.05) is 14.2 Å². The van der Waals surface area contributed by atoms with Crippen LogP contribution in [0.1, 0.15) is 13.3 Å². The summed E-state index contributed by atoms with van der Waals surface area (Å²) in [6.45, 7) is 1.94. The maximum absolute atomic E-state index is 11.8. The van der Waals surface area contributed by atoms with Crippen molar-refractivity contribution in [1.29, 1.82) is 0 Å². The first kappa shape index (κ1) is 17.2. The third-order valence-electron chi connectivity index (χ3n) is 3.68. The fourth-order valence-corrected chi connectivity index (χ4v) is 3.26. The fraction of sp³-hybridized carbons (Fsp3) is 0.294. The molecule has 1 atom stereocenters. The standard InChI is InChI=1S/C17H18N4O3S/c1-4-13(17(22)24-3)25-15-10-9-14-18-19-16(21(14)20-15)11-5-7-12(23-2)8-6-11/h5-10,13H,4H2,1-3H3/t13-/m0/s1. The van der Waals surface area contributed by atoms with E-state index >= 15 is 0 Å². The molecule has 0 fully saturated rings. The molecule has 0 aliphatic rings. The molecule has 25 heavy (non-hydrogen) atoms. The summed E-state index contributed by atoms with van der Waals surface area (Å²) < 4.78 is 11.7. The van der Waals surface area contributed by atoms with Gasteiger partial charge in [0.1, 0.15) is 16.0 Å². The number of methoxy groups -OCH3 is 2. The van der Waals surface area contributed by atoms with Crippen LogP contribution >= 0.6 is 11.8 Å². The van der Waals surface area contributed by atoms with E-state index in [4.69, 9.17) is 9.47 Å². The van der Waals surface area contributed by atoms with Crippen LogP contribution in [0, 0.1) is 0 Å². The normalized spacial score (nSPS) is 12.1. The summed E-state index contributed by atoms with van der Waals surface area (Å²) in [5, 5.41) is 13.4. The van der Waals surface area contributed by atoms with Gasteiger partial charge in [0.25, 0.3) is 0 Å². The van der Waals surface area contributed by atoms with Crippen molar-refractivity contribution in [3.05, 3.63) is 36.4 Å². The Bertz CT molecular complexity index is 879. The highest BCUT2D eigenvalue weighted by Gasteiger charge is 2.20. The Labute approximate surface area is 149 Å². The molecule has 0 unspecified atom stereocenters. The molecule has 0 aliphatic heterocycles. The van der Waals surface area contributed by atoms with Crippen LogP contribution in [-0.2, 0) is 9.53 Å².